The van der Waals surface area contributed by atoms with Gasteiger partial charge in [0, 0.05) is 23.7 Å². The molecule has 2 aromatic carbocycles. The molecule has 0 atom stereocenters. The van der Waals surface area contributed by atoms with E-state index in [0.29, 0.717) is 24.0 Å². The number of benzene rings is 2. The van der Waals surface area contributed by atoms with Crippen LogP contribution in [0.2, 0.25) is 0 Å². The van der Waals surface area contributed by atoms with E-state index in [1.807, 2.05) is 61.5 Å². The average Bonchev–Trinajstić information content (AvgIpc) is 3.26. The predicted molar refractivity (Wildman–Crippen MR) is 151 cm³/mol. The normalized spacial score (nSPS) is 11.5. The number of rotatable bonds is 9. The lowest BCUT2D eigenvalue weighted by atomic mass is 9.92. The fraction of sp³-hybridized carbons (Fsp3) is 0.433. The third kappa shape index (κ3) is 7.68. The van der Waals surface area contributed by atoms with Crippen LogP contribution in [0, 0.1) is 12.8 Å². The summed E-state index contributed by atoms with van der Waals surface area (Å²) < 4.78 is 1.78. The van der Waals surface area contributed by atoms with E-state index in [0.717, 1.165) is 29.8 Å². The van der Waals surface area contributed by atoms with Crippen LogP contribution in [0.25, 0.3) is 5.69 Å². The Bertz CT molecular complexity index is 1210. The van der Waals surface area contributed by atoms with Gasteiger partial charge in [-0.3, -0.25) is 4.79 Å². The number of nitrogens with one attached hydrogen (secondary N) is 2. The van der Waals surface area contributed by atoms with Crippen LogP contribution in [0.4, 0.5) is 16.3 Å². The Morgan fingerprint density at radius 3 is 2.30 bits per heavy atom. The lowest BCUT2D eigenvalue weighted by Gasteiger charge is -2.23. The zero-order valence-corrected chi connectivity index (χ0v) is 23.3. The molecule has 1 aromatic heterocycles. The Morgan fingerprint density at radius 2 is 1.70 bits per heavy atom. The minimum absolute atomic E-state index is 0.0601. The number of hydrogen-bond acceptors (Lipinski definition) is 3. The SMILES string of the molecule is CCc1ccc(NC(=O)N(CCC(C)C)CC(=O)Nc2cc(C(C)(C)C)nn2-c2ccccc2C)cc1. The van der Waals surface area contributed by atoms with Crippen molar-refractivity contribution < 1.29 is 9.59 Å². The summed E-state index contributed by atoms with van der Waals surface area (Å²) in [7, 11) is 0. The standard InChI is InChI=1S/C30H41N5O2/c1-8-23-13-15-24(16-14-23)31-29(37)34(18-17-21(2)3)20-28(36)32-27-19-26(30(5,6)7)33-35(27)25-12-10-9-11-22(25)4/h9-16,19,21H,8,17-18,20H2,1-7H3,(H,31,37)(H,32,36). The fourth-order valence-electron chi connectivity index (χ4n) is 3.87. The van der Waals surface area contributed by atoms with Crippen LogP contribution < -0.4 is 10.6 Å². The maximum atomic E-state index is 13.3. The molecule has 198 valence electrons. The largest absolute Gasteiger partial charge is 0.322 e. The van der Waals surface area contributed by atoms with Crippen molar-refractivity contribution in [3.05, 3.63) is 71.4 Å². The zero-order valence-electron chi connectivity index (χ0n) is 23.3. The molecule has 3 rings (SSSR count). The minimum atomic E-state index is -0.289. The van der Waals surface area contributed by atoms with Crippen molar-refractivity contribution in [1.82, 2.24) is 14.7 Å². The molecule has 0 saturated heterocycles. The van der Waals surface area contributed by atoms with Gasteiger partial charge < -0.3 is 15.5 Å². The fourth-order valence-corrected chi connectivity index (χ4v) is 3.87. The topological polar surface area (TPSA) is 79.3 Å². The van der Waals surface area contributed by atoms with E-state index in [2.05, 4.69) is 52.2 Å². The van der Waals surface area contributed by atoms with Gasteiger partial charge in [0.25, 0.3) is 0 Å². The Morgan fingerprint density at radius 1 is 1.03 bits per heavy atom. The lowest BCUT2D eigenvalue weighted by molar-refractivity contribution is -0.116. The molecule has 0 saturated carbocycles. The first kappa shape index (κ1) is 28.0. The molecule has 0 aliphatic carbocycles. The van der Waals surface area contributed by atoms with Gasteiger partial charge in [-0.15, -0.1) is 0 Å². The first-order valence-electron chi connectivity index (χ1n) is 13.1. The van der Waals surface area contributed by atoms with Crippen molar-refractivity contribution in [3.63, 3.8) is 0 Å². The average molecular weight is 504 g/mol. The van der Waals surface area contributed by atoms with Gasteiger partial charge in [-0.25, -0.2) is 9.48 Å². The van der Waals surface area contributed by atoms with Gasteiger partial charge in [0.15, 0.2) is 0 Å². The number of aryl methyl sites for hydroxylation is 2. The highest BCUT2D eigenvalue weighted by Gasteiger charge is 2.23. The number of amides is 3. The molecular weight excluding hydrogens is 462 g/mol. The number of anilines is 2. The Balaban J connectivity index is 1.81. The molecule has 0 fully saturated rings. The highest BCUT2D eigenvalue weighted by Crippen LogP contribution is 2.27. The van der Waals surface area contributed by atoms with Crippen molar-refractivity contribution in [2.75, 3.05) is 23.7 Å². The summed E-state index contributed by atoms with van der Waals surface area (Å²) in [4.78, 5) is 28.0. The summed E-state index contributed by atoms with van der Waals surface area (Å²) in [5, 5.41) is 10.8. The Labute approximate surface area is 221 Å². The van der Waals surface area contributed by atoms with Gasteiger partial charge in [-0.05, 0) is 55.0 Å². The number of para-hydroxylation sites is 1. The van der Waals surface area contributed by atoms with Gasteiger partial charge in [0.05, 0.1) is 11.4 Å². The molecule has 0 spiro atoms. The van der Waals surface area contributed by atoms with E-state index in [4.69, 9.17) is 5.10 Å². The van der Waals surface area contributed by atoms with Crippen molar-refractivity contribution in [1.29, 1.82) is 0 Å². The number of aromatic nitrogens is 2. The van der Waals surface area contributed by atoms with E-state index in [1.165, 1.54) is 5.56 Å². The molecule has 1 heterocycles. The summed E-state index contributed by atoms with van der Waals surface area (Å²) in [5.41, 5.74) is 4.55. The van der Waals surface area contributed by atoms with E-state index < -0.39 is 0 Å². The third-order valence-electron chi connectivity index (χ3n) is 6.30. The van der Waals surface area contributed by atoms with Gasteiger partial charge in [0.1, 0.15) is 12.4 Å². The van der Waals surface area contributed by atoms with Crippen LogP contribution in [0.5, 0.6) is 0 Å². The second kappa shape index (κ2) is 12.1. The summed E-state index contributed by atoms with van der Waals surface area (Å²) in [6.45, 7) is 15.0. The van der Waals surface area contributed by atoms with E-state index in [-0.39, 0.29) is 23.9 Å². The molecular formula is C30H41N5O2. The van der Waals surface area contributed by atoms with E-state index in [1.54, 1.807) is 9.58 Å². The van der Waals surface area contributed by atoms with Crippen LogP contribution in [-0.2, 0) is 16.6 Å². The molecule has 3 amide bonds. The molecule has 0 aliphatic heterocycles. The molecule has 3 aromatic rings. The first-order chi connectivity index (χ1) is 17.5. The molecule has 0 radical (unpaired) electrons. The number of carbonyl (C=O) groups is 2. The van der Waals surface area contributed by atoms with E-state index in [9.17, 15) is 9.59 Å². The monoisotopic (exact) mass is 503 g/mol. The number of urea groups is 1. The van der Waals surface area contributed by atoms with Gasteiger partial charge >= 0.3 is 6.03 Å². The molecule has 2 N–H and O–H groups in total. The molecule has 7 nitrogen and oxygen atoms in total. The Kier molecular flexibility index (Phi) is 9.14. The molecule has 0 bridgehead atoms. The van der Waals surface area contributed by atoms with Crippen LogP contribution in [-0.4, -0.2) is 39.7 Å². The third-order valence-corrected chi connectivity index (χ3v) is 6.30. The van der Waals surface area contributed by atoms with Crippen LogP contribution in [0.15, 0.2) is 54.6 Å². The first-order valence-corrected chi connectivity index (χ1v) is 13.1. The van der Waals surface area contributed by atoms with Gasteiger partial charge in [0.2, 0.25) is 5.91 Å². The second-order valence-corrected chi connectivity index (χ2v) is 11.0. The molecule has 0 unspecified atom stereocenters. The number of nitrogens with zero attached hydrogens (tertiary/aromatic N) is 3. The molecule has 37 heavy (non-hydrogen) atoms. The van der Waals surface area contributed by atoms with Crippen molar-refractivity contribution in [2.45, 2.75) is 66.7 Å². The Hall–Kier alpha value is -3.61. The quantitative estimate of drug-likeness (QED) is 0.347. The second-order valence-electron chi connectivity index (χ2n) is 11.0. The van der Waals surface area contributed by atoms with Crippen molar-refractivity contribution >= 4 is 23.4 Å². The van der Waals surface area contributed by atoms with Crippen LogP contribution in [0.3, 0.4) is 0 Å². The summed E-state index contributed by atoms with van der Waals surface area (Å²) in [6, 6.07) is 17.4. The summed E-state index contributed by atoms with van der Waals surface area (Å²) in [6.07, 6.45) is 1.73. The van der Waals surface area contributed by atoms with Gasteiger partial charge in [-0.1, -0.05) is 71.9 Å². The molecule has 0 aliphatic rings. The maximum absolute atomic E-state index is 13.3. The minimum Gasteiger partial charge on any atom is -0.315 e. The summed E-state index contributed by atoms with van der Waals surface area (Å²) in [5.74, 6) is 0.720. The van der Waals surface area contributed by atoms with Crippen LogP contribution in [0.1, 0.15) is 64.8 Å². The summed E-state index contributed by atoms with van der Waals surface area (Å²) >= 11 is 0. The highest BCUT2D eigenvalue weighted by molar-refractivity contribution is 5.96. The van der Waals surface area contributed by atoms with Gasteiger partial charge in [-0.2, -0.15) is 5.10 Å². The maximum Gasteiger partial charge on any atom is 0.322 e. The van der Waals surface area contributed by atoms with Crippen LogP contribution >= 0.6 is 0 Å². The predicted octanol–water partition coefficient (Wildman–Crippen LogP) is 6.56. The van der Waals surface area contributed by atoms with Crippen molar-refractivity contribution in [2.24, 2.45) is 5.92 Å². The van der Waals surface area contributed by atoms with Crippen molar-refractivity contribution in [3.8, 4) is 5.69 Å². The zero-order chi connectivity index (χ0) is 27.2. The number of carbonyl (C=O) groups excluding carboxylic acids is 2. The number of hydrogen-bond donors (Lipinski definition) is 2. The van der Waals surface area contributed by atoms with E-state index >= 15 is 0 Å². The molecule has 7 heteroatoms. The lowest BCUT2D eigenvalue weighted by Crippen LogP contribution is -2.41. The highest BCUT2D eigenvalue weighted by atomic mass is 16.2. The smallest absolute Gasteiger partial charge is 0.315 e.